The molecule has 1 aliphatic rings. The summed E-state index contributed by atoms with van der Waals surface area (Å²) >= 11 is 6.00. The monoisotopic (exact) mass is 371 g/mol. The molecule has 0 N–H and O–H groups in total. The van der Waals surface area contributed by atoms with Crippen LogP contribution in [0.2, 0.25) is 5.15 Å². The summed E-state index contributed by atoms with van der Waals surface area (Å²) in [7, 11) is 0. The van der Waals surface area contributed by atoms with Crippen molar-refractivity contribution in [1.82, 2.24) is 15.0 Å². The van der Waals surface area contributed by atoms with Crippen molar-refractivity contribution in [3.05, 3.63) is 40.9 Å². The van der Waals surface area contributed by atoms with E-state index in [0.29, 0.717) is 36.4 Å². The molecule has 5 nitrogen and oxygen atoms in total. The number of alkyl halides is 3. The fourth-order valence-electron chi connectivity index (χ4n) is 2.79. The number of anilines is 2. The van der Waals surface area contributed by atoms with Crippen molar-refractivity contribution in [3.63, 3.8) is 0 Å². The van der Waals surface area contributed by atoms with E-state index < -0.39 is 11.7 Å². The maximum Gasteiger partial charge on any atom is 0.417 e. The lowest BCUT2D eigenvalue weighted by molar-refractivity contribution is -0.137. The predicted octanol–water partition coefficient (Wildman–Crippen LogP) is 3.57. The van der Waals surface area contributed by atoms with Crippen molar-refractivity contribution in [1.29, 1.82) is 0 Å². The van der Waals surface area contributed by atoms with Gasteiger partial charge in [0.1, 0.15) is 22.6 Å². The van der Waals surface area contributed by atoms with Gasteiger partial charge in [-0.05, 0) is 25.5 Å². The van der Waals surface area contributed by atoms with Gasteiger partial charge in [-0.2, -0.15) is 13.2 Å². The third-order valence-corrected chi connectivity index (χ3v) is 4.21. The highest BCUT2D eigenvalue weighted by Gasteiger charge is 2.31. The van der Waals surface area contributed by atoms with Crippen LogP contribution in [-0.2, 0) is 6.18 Å². The first-order chi connectivity index (χ1) is 11.8. The maximum atomic E-state index is 12.6. The summed E-state index contributed by atoms with van der Waals surface area (Å²) in [5.74, 6) is 1.92. The molecule has 0 radical (unpaired) electrons. The summed E-state index contributed by atoms with van der Waals surface area (Å²) < 4.78 is 37.9. The van der Waals surface area contributed by atoms with Gasteiger partial charge < -0.3 is 9.80 Å². The number of hydrogen-bond acceptors (Lipinski definition) is 5. The minimum Gasteiger partial charge on any atom is -0.355 e. The van der Waals surface area contributed by atoms with E-state index >= 15 is 0 Å². The van der Waals surface area contributed by atoms with Crippen molar-refractivity contribution in [2.45, 2.75) is 19.5 Å². The minimum atomic E-state index is -4.37. The molecule has 3 heterocycles. The molecule has 0 aromatic carbocycles. The van der Waals surface area contributed by atoms with E-state index in [0.717, 1.165) is 31.0 Å². The molecule has 134 valence electrons. The van der Waals surface area contributed by atoms with Crippen LogP contribution in [0.1, 0.15) is 17.8 Å². The second kappa shape index (κ2) is 7.03. The molecule has 0 spiro atoms. The average Bonchev–Trinajstić information content (AvgIpc) is 2.79. The third-order valence-electron chi connectivity index (χ3n) is 4.01. The molecule has 0 bridgehead atoms. The molecule has 1 fully saturated rings. The molecular formula is C16H17ClF3N5. The number of halogens is 4. The van der Waals surface area contributed by atoms with E-state index in [-0.39, 0.29) is 0 Å². The largest absolute Gasteiger partial charge is 0.417 e. The summed E-state index contributed by atoms with van der Waals surface area (Å²) in [5, 5.41) is 0.396. The Labute approximate surface area is 148 Å². The Morgan fingerprint density at radius 2 is 1.68 bits per heavy atom. The van der Waals surface area contributed by atoms with Gasteiger partial charge >= 0.3 is 6.18 Å². The second-order valence-corrected chi connectivity index (χ2v) is 6.21. The van der Waals surface area contributed by atoms with Crippen LogP contribution in [0.3, 0.4) is 0 Å². The summed E-state index contributed by atoms with van der Waals surface area (Å²) in [6, 6.07) is 4.21. The zero-order chi connectivity index (χ0) is 18.0. The molecule has 0 amide bonds. The summed E-state index contributed by atoms with van der Waals surface area (Å²) in [6.07, 6.45) is -2.65. The lowest BCUT2D eigenvalue weighted by Crippen LogP contribution is -2.31. The van der Waals surface area contributed by atoms with Crippen LogP contribution < -0.4 is 9.80 Å². The van der Waals surface area contributed by atoms with E-state index in [2.05, 4.69) is 19.9 Å². The van der Waals surface area contributed by atoms with Crippen LogP contribution in [0.4, 0.5) is 24.8 Å². The molecule has 0 saturated carbocycles. The molecule has 1 saturated heterocycles. The van der Waals surface area contributed by atoms with Gasteiger partial charge in [0.2, 0.25) is 0 Å². The highest BCUT2D eigenvalue weighted by molar-refractivity contribution is 6.29. The maximum absolute atomic E-state index is 12.6. The Kier molecular flexibility index (Phi) is 4.99. The van der Waals surface area contributed by atoms with Crippen molar-refractivity contribution >= 4 is 23.2 Å². The van der Waals surface area contributed by atoms with Crippen LogP contribution in [0.5, 0.6) is 0 Å². The van der Waals surface area contributed by atoms with Gasteiger partial charge in [0, 0.05) is 38.4 Å². The normalized spacial score (nSPS) is 16.0. The fourth-order valence-corrected chi connectivity index (χ4v) is 3.01. The fraction of sp³-hybridized carbons (Fsp3) is 0.438. The van der Waals surface area contributed by atoms with Gasteiger partial charge in [-0.15, -0.1) is 0 Å². The van der Waals surface area contributed by atoms with E-state index in [1.807, 2.05) is 4.90 Å². The predicted molar refractivity (Wildman–Crippen MR) is 90.1 cm³/mol. The number of aromatic nitrogens is 3. The number of nitrogens with zero attached hydrogens (tertiary/aromatic N) is 5. The Bertz CT molecular complexity index is 715. The molecule has 0 aliphatic carbocycles. The molecule has 0 unspecified atom stereocenters. The van der Waals surface area contributed by atoms with E-state index in [1.165, 1.54) is 6.07 Å². The van der Waals surface area contributed by atoms with E-state index in [4.69, 9.17) is 11.6 Å². The molecule has 25 heavy (non-hydrogen) atoms. The highest BCUT2D eigenvalue weighted by atomic mass is 35.5. The van der Waals surface area contributed by atoms with E-state index in [9.17, 15) is 13.2 Å². The van der Waals surface area contributed by atoms with Crippen molar-refractivity contribution in [2.24, 2.45) is 0 Å². The molecule has 2 aromatic heterocycles. The summed E-state index contributed by atoms with van der Waals surface area (Å²) in [6.45, 7) is 4.59. The van der Waals surface area contributed by atoms with Crippen LogP contribution in [0.15, 0.2) is 24.4 Å². The Balaban J connectivity index is 1.71. The highest BCUT2D eigenvalue weighted by Crippen LogP contribution is 2.29. The van der Waals surface area contributed by atoms with Crippen molar-refractivity contribution in [2.75, 3.05) is 36.0 Å². The first kappa shape index (κ1) is 17.7. The van der Waals surface area contributed by atoms with Gasteiger partial charge in [0.05, 0.1) is 5.56 Å². The minimum absolute atomic E-state index is 0.396. The number of rotatable bonds is 2. The Hall–Kier alpha value is -2.09. The third kappa shape index (κ3) is 4.31. The average molecular weight is 372 g/mol. The van der Waals surface area contributed by atoms with Gasteiger partial charge in [0.25, 0.3) is 0 Å². The first-order valence-corrected chi connectivity index (χ1v) is 8.25. The molecule has 9 heteroatoms. The van der Waals surface area contributed by atoms with Crippen molar-refractivity contribution in [3.8, 4) is 0 Å². The van der Waals surface area contributed by atoms with Gasteiger partial charge in [-0.3, -0.25) is 0 Å². The molecule has 3 rings (SSSR count). The van der Waals surface area contributed by atoms with Crippen LogP contribution in [-0.4, -0.2) is 41.1 Å². The smallest absolute Gasteiger partial charge is 0.355 e. The number of aryl methyl sites for hydroxylation is 1. The number of pyridine rings is 1. The Morgan fingerprint density at radius 3 is 2.24 bits per heavy atom. The van der Waals surface area contributed by atoms with Gasteiger partial charge in [0.15, 0.2) is 0 Å². The lowest BCUT2D eigenvalue weighted by Gasteiger charge is -2.23. The van der Waals surface area contributed by atoms with Crippen molar-refractivity contribution < 1.29 is 13.2 Å². The molecule has 1 aliphatic heterocycles. The van der Waals surface area contributed by atoms with E-state index in [1.54, 1.807) is 13.0 Å². The summed E-state index contributed by atoms with van der Waals surface area (Å²) in [4.78, 5) is 16.5. The Morgan fingerprint density at radius 1 is 1.00 bits per heavy atom. The molecular weight excluding hydrogens is 355 g/mol. The van der Waals surface area contributed by atoms with Crippen LogP contribution in [0, 0.1) is 6.92 Å². The second-order valence-electron chi connectivity index (χ2n) is 5.83. The van der Waals surface area contributed by atoms with Gasteiger partial charge in [-0.1, -0.05) is 11.6 Å². The zero-order valence-corrected chi connectivity index (χ0v) is 14.3. The quantitative estimate of drug-likeness (QED) is 0.755. The lowest BCUT2D eigenvalue weighted by atomic mass is 10.2. The van der Waals surface area contributed by atoms with Crippen LogP contribution >= 0.6 is 11.6 Å². The zero-order valence-electron chi connectivity index (χ0n) is 13.6. The van der Waals surface area contributed by atoms with Crippen LogP contribution in [0.25, 0.3) is 0 Å². The number of hydrogen-bond donors (Lipinski definition) is 0. The molecule has 2 aromatic rings. The first-order valence-electron chi connectivity index (χ1n) is 7.87. The topological polar surface area (TPSA) is 45.2 Å². The van der Waals surface area contributed by atoms with Gasteiger partial charge in [-0.25, -0.2) is 15.0 Å². The molecule has 0 atom stereocenters. The SMILES string of the molecule is Cc1nc(Cl)cc(N2CCCN(c3ccc(C(F)(F)F)cn3)CC2)n1. The summed E-state index contributed by atoms with van der Waals surface area (Å²) in [5.41, 5.74) is -0.737. The standard InChI is InChI=1S/C16H17ClF3N5/c1-11-22-13(17)9-15(23-11)25-6-2-5-24(7-8-25)14-4-3-12(10-21-14)16(18,19)20/h3-4,9-10H,2,5-8H2,1H3.